The zero-order valence-electron chi connectivity index (χ0n) is 16.0. The lowest BCUT2D eigenvalue weighted by molar-refractivity contribution is -0.142. The summed E-state index contributed by atoms with van der Waals surface area (Å²) >= 11 is 6.22. The van der Waals surface area contributed by atoms with Crippen LogP contribution in [0.25, 0.3) is 0 Å². The first kappa shape index (κ1) is 21.1. The second kappa shape index (κ2) is 10.8. The number of thioether (sulfide) groups is 1. The number of thiol groups is 1. The molecule has 6 heteroatoms. The van der Waals surface area contributed by atoms with Crippen molar-refractivity contribution in [1.82, 2.24) is 0 Å². The first-order valence-electron chi connectivity index (χ1n) is 9.56. The van der Waals surface area contributed by atoms with Gasteiger partial charge < -0.3 is 14.2 Å². The number of ether oxygens (including phenoxy) is 3. The molecule has 2 aromatic carbocycles. The van der Waals surface area contributed by atoms with Gasteiger partial charge in [-0.05, 0) is 42.4 Å². The Morgan fingerprint density at radius 2 is 1.82 bits per heavy atom. The molecule has 0 spiro atoms. The van der Waals surface area contributed by atoms with Gasteiger partial charge in [-0.1, -0.05) is 43.2 Å². The minimum Gasteiger partial charge on any atom is -0.492 e. The standard InChI is InChI=1S/C22H26O4S2/c1-24-22(23)21-20(26-21)16-10-4-7-13-19(16)28-15-9-3-2-8-14-25-17-11-5-6-12-18(17)27/h4-7,10-13,20-21,27H,2-3,8-9,14-15H2,1H3. The monoisotopic (exact) mass is 418 g/mol. The Balaban J connectivity index is 1.32. The van der Waals surface area contributed by atoms with Crippen LogP contribution in [0.3, 0.4) is 0 Å². The average molecular weight is 419 g/mol. The molecule has 0 bridgehead atoms. The highest BCUT2D eigenvalue weighted by Crippen LogP contribution is 2.43. The Bertz CT molecular complexity index is 781. The van der Waals surface area contributed by atoms with Gasteiger partial charge in [-0.25, -0.2) is 4.79 Å². The molecule has 4 nitrogen and oxygen atoms in total. The summed E-state index contributed by atoms with van der Waals surface area (Å²) in [5.41, 5.74) is 1.08. The Labute approximate surface area is 176 Å². The second-order valence-corrected chi connectivity index (χ2v) is 8.24. The Morgan fingerprint density at radius 3 is 2.64 bits per heavy atom. The van der Waals surface area contributed by atoms with Gasteiger partial charge in [0.05, 0.1) is 13.7 Å². The van der Waals surface area contributed by atoms with Crippen LogP contribution in [0, 0.1) is 0 Å². The van der Waals surface area contributed by atoms with E-state index in [-0.39, 0.29) is 12.1 Å². The minimum absolute atomic E-state index is 0.164. The van der Waals surface area contributed by atoms with Crippen molar-refractivity contribution in [3.05, 3.63) is 54.1 Å². The lowest BCUT2D eigenvalue weighted by Gasteiger charge is -2.09. The van der Waals surface area contributed by atoms with Crippen LogP contribution in [-0.2, 0) is 14.3 Å². The number of rotatable bonds is 11. The zero-order chi connectivity index (χ0) is 19.8. The van der Waals surface area contributed by atoms with E-state index >= 15 is 0 Å². The van der Waals surface area contributed by atoms with Crippen LogP contribution in [0.1, 0.15) is 37.4 Å². The number of para-hydroxylation sites is 1. The molecule has 3 rings (SSSR count). The summed E-state index contributed by atoms with van der Waals surface area (Å²) in [5, 5.41) is 0. The molecule has 2 unspecified atom stereocenters. The highest BCUT2D eigenvalue weighted by Gasteiger charge is 2.48. The third-order valence-corrected chi connectivity index (χ3v) is 6.11. The molecule has 0 N–H and O–H groups in total. The van der Waals surface area contributed by atoms with E-state index in [2.05, 4.69) is 18.7 Å². The molecule has 2 atom stereocenters. The molecule has 0 radical (unpaired) electrons. The number of esters is 1. The van der Waals surface area contributed by atoms with Crippen LogP contribution < -0.4 is 4.74 Å². The smallest absolute Gasteiger partial charge is 0.338 e. The topological polar surface area (TPSA) is 48.1 Å². The lowest BCUT2D eigenvalue weighted by atomic mass is 10.1. The van der Waals surface area contributed by atoms with Crippen molar-refractivity contribution in [1.29, 1.82) is 0 Å². The van der Waals surface area contributed by atoms with Crippen molar-refractivity contribution >= 4 is 30.4 Å². The van der Waals surface area contributed by atoms with Gasteiger partial charge in [-0.2, -0.15) is 0 Å². The quantitative estimate of drug-likeness (QED) is 0.176. The SMILES string of the molecule is COC(=O)C1OC1c1ccccc1SCCCCCCOc1ccccc1S. The molecule has 0 aromatic heterocycles. The fourth-order valence-corrected chi connectivity index (χ4v) is 4.31. The van der Waals surface area contributed by atoms with E-state index in [9.17, 15) is 4.79 Å². The third kappa shape index (κ3) is 5.93. The van der Waals surface area contributed by atoms with Crippen molar-refractivity contribution in [2.24, 2.45) is 0 Å². The van der Waals surface area contributed by atoms with Gasteiger partial charge >= 0.3 is 5.97 Å². The molecule has 28 heavy (non-hydrogen) atoms. The maximum atomic E-state index is 11.6. The van der Waals surface area contributed by atoms with Crippen LogP contribution in [0.4, 0.5) is 0 Å². The van der Waals surface area contributed by atoms with E-state index < -0.39 is 6.10 Å². The summed E-state index contributed by atoms with van der Waals surface area (Å²) in [4.78, 5) is 13.7. The van der Waals surface area contributed by atoms with Crippen molar-refractivity contribution in [2.75, 3.05) is 19.5 Å². The summed E-state index contributed by atoms with van der Waals surface area (Å²) in [6, 6.07) is 15.9. The van der Waals surface area contributed by atoms with Crippen molar-refractivity contribution in [3.63, 3.8) is 0 Å². The molecule has 1 aliphatic heterocycles. The summed E-state index contributed by atoms with van der Waals surface area (Å²) in [6.07, 6.45) is 3.89. The van der Waals surface area contributed by atoms with E-state index in [1.807, 2.05) is 54.2 Å². The van der Waals surface area contributed by atoms with Crippen LogP contribution in [0.2, 0.25) is 0 Å². The van der Waals surface area contributed by atoms with Gasteiger partial charge in [0.15, 0.2) is 6.10 Å². The Kier molecular flexibility index (Phi) is 8.13. The van der Waals surface area contributed by atoms with Gasteiger partial charge in [0.2, 0.25) is 0 Å². The van der Waals surface area contributed by atoms with E-state index in [0.717, 1.165) is 47.8 Å². The third-order valence-electron chi connectivity index (χ3n) is 4.57. The first-order chi connectivity index (χ1) is 13.7. The summed E-state index contributed by atoms with van der Waals surface area (Å²) in [7, 11) is 1.39. The van der Waals surface area contributed by atoms with Crippen LogP contribution >= 0.6 is 24.4 Å². The summed E-state index contributed by atoms with van der Waals surface area (Å²) in [6.45, 7) is 0.724. The molecule has 150 valence electrons. The number of hydrogen-bond acceptors (Lipinski definition) is 6. The molecule has 0 amide bonds. The van der Waals surface area contributed by atoms with E-state index in [4.69, 9.17) is 14.2 Å². The maximum Gasteiger partial charge on any atom is 0.338 e. The van der Waals surface area contributed by atoms with Crippen LogP contribution in [0.5, 0.6) is 5.75 Å². The fourth-order valence-electron chi connectivity index (χ4n) is 2.99. The molecule has 0 aliphatic carbocycles. The highest BCUT2D eigenvalue weighted by atomic mass is 32.2. The van der Waals surface area contributed by atoms with Gasteiger partial charge in [0, 0.05) is 9.79 Å². The molecule has 1 saturated heterocycles. The summed E-state index contributed by atoms with van der Waals surface area (Å²) < 4.78 is 16.0. The van der Waals surface area contributed by atoms with Gasteiger partial charge in [-0.3, -0.25) is 0 Å². The number of hydrogen-bond donors (Lipinski definition) is 1. The maximum absolute atomic E-state index is 11.6. The molecule has 1 aliphatic rings. The normalized spacial score (nSPS) is 17.9. The first-order valence-corrected chi connectivity index (χ1v) is 11.0. The largest absolute Gasteiger partial charge is 0.492 e. The number of carbonyl (C=O) groups excluding carboxylic acids is 1. The van der Waals surface area contributed by atoms with Gasteiger partial charge in [-0.15, -0.1) is 24.4 Å². The lowest BCUT2D eigenvalue weighted by Crippen LogP contribution is -2.09. The number of benzene rings is 2. The van der Waals surface area contributed by atoms with Gasteiger partial charge in [0.1, 0.15) is 11.9 Å². The Morgan fingerprint density at radius 1 is 1.07 bits per heavy atom. The summed E-state index contributed by atoms with van der Waals surface area (Å²) in [5.74, 6) is 1.60. The average Bonchev–Trinajstić information content (AvgIpc) is 3.51. The minimum atomic E-state index is -0.450. The van der Waals surface area contributed by atoms with Crippen LogP contribution in [0.15, 0.2) is 58.3 Å². The Hall–Kier alpha value is -1.63. The molecular formula is C22H26O4S2. The van der Waals surface area contributed by atoms with Crippen molar-refractivity contribution in [2.45, 2.75) is 47.7 Å². The molecule has 1 fully saturated rings. The van der Waals surface area contributed by atoms with Crippen LogP contribution in [-0.4, -0.2) is 31.5 Å². The highest BCUT2D eigenvalue weighted by molar-refractivity contribution is 7.99. The number of unbranched alkanes of at least 4 members (excludes halogenated alkanes) is 3. The number of carbonyl (C=O) groups is 1. The number of methoxy groups -OCH3 is 1. The van der Waals surface area contributed by atoms with Gasteiger partial charge in [0.25, 0.3) is 0 Å². The van der Waals surface area contributed by atoms with E-state index in [1.54, 1.807) is 0 Å². The molecule has 2 aromatic rings. The molecule has 1 heterocycles. The van der Waals surface area contributed by atoms with Crippen molar-refractivity contribution in [3.8, 4) is 5.75 Å². The van der Waals surface area contributed by atoms with Crippen molar-refractivity contribution < 1.29 is 19.0 Å². The van der Waals surface area contributed by atoms with E-state index in [1.165, 1.54) is 18.4 Å². The molecular weight excluding hydrogens is 392 g/mol. The molecule has 0 saturated carbocycles. The number of epoxide rings is 1. The van der Waals surface area contributed by atoms with E-state index in [0.29, 0.717) is 0 Å². The predicted octanol–water partition coefficient (Wildman–Crippen LogP) is 5.32. The fraction of sp³-hybridized carbons (Fsp3) is 0.409. The predicted molar refractivity (Wildman–Crippen MR) is 114 cm³/mol. The second-order valence-electron chi connectivity index (χ2n) is 6.62. The zero-order valence-corrected chi connectivity index (χ0v) is 17.7.